The molecule has 0 bridgehead atoms. The van der Waals surface area contributed by atoms with Crippen molar-refractivity contribution in [2.45, 2.75) is 13.3 Å². The summed E-state index contributed by atoms with van der Waals surface area (Å²) in [6.45, 7) is 7.99. The van der Waals surface area contributed by atoms with Crippen molar-refractivity contribution in [3.05, 3.63) is 29.8 Å². The summed E-state index contributed by atoms with van der Waals surface area (Å²) in [5, 5.41) is 5.67. The fraction of sp³-hybridized carbons (Fsp3) is 0.588. The molecule has 0 spiro atoms. The Morgan fingerprint density at radius 2 is 1.96 bits per heavy atom. The molecule has 1 saturated heterocycles. The number of morpholine rings is 1. The van der Waals surface area contributed by atoms with Crippen LogP contribution < -0.4 is 15.4 Å². The minimum atomic E-state index is -0.148. The highest BCUT2D eigenvalue weighted by Gasteiger charge is 2.09. The molecule has 2 rings (SSSR count). The number of benzene rings is 1. The maximum atomic E-state index is 11.7. The number of para-hydroxylation sites is 1. The van der Waals surface area contributed by atoms with Gasteiger partial charge in [-0.05, 0) is 18.1 Å². The van der Waals surface area contributed by atoms with Crippen molar-refractivity contribution in [3.8, 4) is 5.75 Å². The summed E-state index contributed by atoms with van der Waals surface area (Å²) < 4.78 is 11.0. The molecule has 2 amide bonds. The Morgan fingerprint density at radius 1 is 1.22 bits per heavy atom. The zero-order valence-corrected chi connectivity index (χ0v) is 13.8. The molecule has 0 unspecified atom stereocenters. The second-order valence-corrected chi connectivity index (χ2v) is 5.45. The first-order chi connectivity index (χ1) is 11.3. The van der Waals surface area contributed by atoms with E-state index in [1.54, 1.807) is 0 Å². The number of carbonyl (C=O) groups excluding carboxylic acids is 1. The largest absolute Gasteiger partial charge is 0.491 e. The molecular formula is C17H27N3O3. The van der Waals surface area contributed by atoms with E-state index >= 15 is 0 Å². The summed E-state index contributed by atoms with van der Waals surface area (Å²) >= 11 is 0. The molecule has 1 aromatic rings. The molecule has 0 saturated carbocycles. The molecule has 0 aromatic heterocycles. The van der Waals surface area contributed by atoms with Gasteiger partial charge in [-0.3, -0.25) is 4.90 Å². The van der Waals surface area contributed by atoms with Gasteiger partial charge in [0, 0.05) is 26.2 Å². The number of rotatable bonds is 8. The summed E-state index contributed by atoms with van der Waals surface area (Å²) in [4.78, 5) is 14.0. The summed E-state index contributed by atoms with van der Waals surface area (Å²) in [6, 6.07) is 7.83. The molecule has 0 radical (unpaired) electrons. The SMILES string of the molecule is CCc1ccccc1OCCNC(=O)NCCN1CCOCC1. The number of hydrogen-bond acceptors (Lipinski definition) is 4. The van der Waals surface area contributed by atoms with Crippen molar-refractivity contribution in [2.75, 3.05) is 52.5 Å². The van der Waals surface area contributed by atoms with Gasteiger partial charge in [0.25, 0.3) is 0 Å². The highest BCUT2D eigenvalue weighted by atomic mass is 16.5. The Balaban J connectivity index is 1.54. The standard InChI is InChI=1S/C17H27N3O3/c1-2-15-5-3-4-6-16(15)23-12-8-19-17(21)18-7-9-20-10-13-22-14-11-20/h3-6H,2,7-14H2,1H3,(H2,18,19,21). The smallest absolute Gasteiger partial charge is 0.314 e. The minimum absolute atomic E-state index is 0.148. The molecule has 6 nitrogen and oxygen atoms in total. The van der Waals surface area contributed by atoms with Crippen LogP contribution >= 0.6 is 0 Å². The lowest BCUT2D eigenvalue weighted by Crippen LogP contribution is -2.44. The van der Waals surface area contributed by atoms with Crippen LogP contribution in [0.4, 0.5) is 4.79 Å². The molecule has 1 aliphatic heterocycles. The lowest BCUT2D eigenvalue weighted by Gasteiger charge is -2.26. The Bertz CT molecular complexity index is 476. The number of carbonyl (C=O) groups is 1. The average Bonchev–Trinajstić information content (AvgIpc) is 2.60. The third kappa shape index (κ3) is 6.46. The summed E-state index contributed by atoms with van der Waals surface area (Å²) in [7, 11) is 0. The maximum Gasteiger partial charge on any atom is 0.314 e. The van der Waals surface area contributed by atoms with E-state index in [-0.39, 0.29) is 6.03 Å². The van der Waals surface area contributed by atoms with Gasteiger partial charge in [-0.2, -0.15) is 0 Å². The Hall–Kier alpha value is -1.79. The number of urea groups is 1. The van der Waals surface area contributed by atoms with E-state index in [9.17, 15) is 4.79 Å². The molecule has 1 fully saturated rings. The lowest BCUT2D eigenvalue weighted by molar-refractivity contribution is 0.0387. The molecule has 0 aliphatic carbocycles. The zero-order valence-electron chi connectivity index (χ0n) is 13.8. The first kappa shape index (κ1) is 17.6. The molecule has 6 heteroatoms. The summed E-state index contributed by atoms with van der Waals surface area (Å²) in [5.41, 5.74) is 1.18. The number of nitrogens with one attached hydrogen (secondary N) is 2. The number of ether oxygens (including phenoxy) is 2. The van der Waals surface area contributed by atoms with Crippen LogP contribution in [-0.4, -0.2) is 63.5 Å². The van der Waals surface area contributed by atoms with Crippen LogP contribution in [-0.2, 0) is 11.2 Å². The van der Waals surface area contributed by atoms with Crippen molar-refractivity contribution in [1.29, 1.82) is 0 Å². The molecule has 0 atom stereocenters. The van der Waals surface area contributed by atoms with Gasteiger partial charge in [0.1, 0.15) is 12.4 Å². The van der Waals surface area contributed by atoms with Gasteiger partial charge >= 0.3 is 6.03 Å². The Kier molecular flexibility index (Phi) is 7.69. The molecular weight excluding hydrogens is 294 g/mol. The highest BCUT2D eigenvalue weighted by Crippen LogP contribution is 2.17. The lowest BCUT2D eigenvalue weighted by atomic mass is 10.1. The van der Waals surface area contributed by atoms with E-state index < -0.39 is 0 Å². The molecule has 128 valence electrons. The van der Waals surface area contributed by atoms with Crippen LogP contribution in [0.3, 0.4) is 0 Å². The van der Waals surface area contributed by atoms with Crippen LogP contribution in [0.2, 0.25) is 0 Å². The van der Waals surface area contributed by atoms with Crippen molar-refractivity contribution < 1.29 is 14.3 Å². The van der Waals surface area contributed by atoms with E-state index in [1.807, 2.05) is 18.2 Å². The van der Waals surface area contributed by atoms with Gasteiger partial charge in [0.05, 0.1) is 19.8 Å². The Morgan fingerprint density at radius 3 is 2.74 bits per heavy atom. The Labute approximate surface area is 138 Å². The fourth-order valence-electron chi connectivity index (χ4n) is 2.48. The fourth-order valence-corrected chi connectivity index (χ4v) is 2.48. The number of hydrogen-bond donors (Lipinski definition) is 2. The predicted molar refractivity (Wildman–Crippen MR) is 90.0 cm³/mol. The average molecular weight is 321 g/mol. The van der Waals surface area contributed by atoms with Crippen LogP contribution in [0.5, 0.6) is 5.75 Å². The molecule has 23 heavy (non-hydrogen) atoms. The number of aryl methyl sites for hydroxylation is 1. The first-order valence-corrected chi connectivity index (χ1v) is 8.32. The zero-order chi connectivity index (χ0) is 16.3. The normalized spacial score (nSPS) is 15.2. The van der Waals surface area contributed by atoms with Crippen molar-refractivity contribution >= 4 is 6.03 Å². The van der Waals surface area contributed by atoms with Crippen LogP contribution in [0, 0.1) is 0 Å². The third-order valence-corrected chi connectivity index (χ3v) is 3.82. The maximum absolute atomic E-state index is 11.7. The van der Waals surface area contributed by atoms with Crippen LogP contribution in [0.15, 0.2) is 24.3 Å². The van der Waals surface area contributed by atoms with E-state index in [2.05, 4.69) is 28.5 Å². The molecule has 1 aliphatic rings. The second kappa shape index (κ2) is 10.1. The van der Waals surface area contributed by atoms with Gasteiger partial charge in [-0.1, -0.05) is 25.1 Å². The van der Waals surface area contributed by atoms with Gasteiger partial charge in [0.15, 0.2) is 0 Å². The van der Waals surface area contributed by atoms with Crippen molar-refractivity contribution in [3.63, 3.8) is 0 Å². The third-order valence-electron chi connectivity index (χ3n) is 3.82. The predicted octanol–water partition coefficient (Wildman–Crippen LogP) is 1.26. The monoisotopic (exact) mass is 321 g/mol. The molecule has 2 N–H and O–H groups in total. The van der Waals surface area contributed by atoms with Crippen LogP contribution in [0.25, 0.3) is 0 Å². The minimum Gasteiger partial charge on any atom is -0.491 e. The van der Waals surface area contributed by atoms with Gasteiger partial charge in [-0.15, -0.1) is 0 Å². The quantitative estimate of drug-likeness (QED) is 0.708. The van der Waals surface area contributed by atoms with Crippen LogP contribution in [0.1, 0.15) is 12.5 Å². The van der Waals surface area contributed by atoms with E-state index in [4.69, 9.17) is 9.47 Å². The van der Waals surface area contributed by atoms with Gasteiger partial charge in [0.2, 0.25) is 0 Å². The number of nitrogens with zero attached hydrogens (tertiary/aromatic N) is 1. The van der Waals surface area contributed by atoms with E-state index in [0.717, 1.165) is 45.0 Å². The summed E-state index contributed by atoms with van der Waals surface area (Å²) in [6.07, 6.45) is 0.936. The van der Waals surface area contributed by atoms with E-state index in [0.29, 0.717) is 19.7 Å². The van der Waals surface area contributed by atoms with Gasteiger partial charge < -0.3 is 20.1 Å². The van der Waals surface area contributed by atoms with E-state index in [1.165, 1.54) is 5.56 Å². The highest BCUT2D eigenvalue weighted by molar-refractivity contribution is 5.73. The second-order valence-electron chi connectivity index (χ2n) is 5.45. The van der Waals surface area contributed by atoms with Gasteiger partial charge in [-0.25, -0.2) is 4.79 Å². The number of amides is 2. The van der Waals surface area contributed by atoms with Crippen molar-refractivity contribution in [2.24, 2.45) is 0 Å². The molecule has 1 aromatic carbocycles. The first-order valence-electron chi connectivity index (χ1n) is 8.32. The molecule has 1 heterocycles. The van der Waals surface area contributed by atoms with Crippen molar-refractivity contribution in [1.82, 2.24) is 15.5 Å². The topological polar surface area (TPSA) is 62.8 Å². The summed E-state index contributed by atoms with van der Waals surface area (Å²) in [5.74, 6) is 0.893.